The van der Waals surface area contributed by atoms with Gasteiger partial charge in [0.15, 0.2) is 0 Å². The molecule has 1 fully saturated rings. The molecule has 1 aliphatic rings. The molecule has 0 unspecified atom stereocenters. The fourth-order valence-electron chi connectivity index (χ4n) is 3.12. The molecule has 8 nitrogen and oxygen atoms in total. The first kappa shape index (κ1) is 19.3. The smallest absolute Gasteiger partial charge is 0.319 e. The summed E-state index contributed by atoms with van der Waals surface area (Å²) in [6.07, 6.45) is 0. The lowest BCUT2D eigenvalue weighted by Crippen LogP contribution is -2.48. The summed E-state index contributed by atoms with van der Waals surface area (Å²) < 4.78 is 0. The molecule has 0 saturated carbocycles. The van der Waals surface area contributed by atoms with Crippen LogP contribution in [0.4, 0.5) is 16.2 Å². The predicted molar refractivity (Wildman–Crippen MR) is 106 cm³/mol. The van der Waals surface area contributed by atoms with Crippen molar-refractivity contribution in [1.82, 2.24) is 15.1 Å². The Bertz CT molecular complexity index is 775. The van der Waals surface area contributed by atoms with Crippen molar-refractivity contribution in [1.29, 1.82) is 0 Å². The molecule has 3 rings (SSSR count). The van der Waals surface area contributed by atoms with E-state index < -0.39 is 11.0 Å². The Morgan fingerprint density at radius 2 is 1.96 bits per heavy atom. The zero-order valence-electron chi connectivity index (χ0n) is 15.1. The van der Waals surface area contributed by atoms with Crippen molar-refractivity contribution in [3.8, 4) is 0 Å². The first-order valence-electron chi connectivity index (χ1n) is 8.79. The fraction of sp³-hybridized carbons (Fsp3) is 0.389. The monoisotopic (exact) mass is 389 g/mol. The number of hydrogen-bond acceptors (Lipinski definition) is 6. The molecule has 1 saturated heterocycles. The second-order valence-corrected chi connectivity index (χ2v) is 7.46. The maximum Gasteiger partial charge on any atom is 0.319 e. The fourth-order valence-corrected chi connectivity index (χ4v) is 3.98. The van der Waals surface area contributed by atoms with E-state index in [0.29, 0.717) is 6.54 Å². The highest BCUT2D eigenvalue weighted by atomic mass is 32.1. The Morgan fingerprint density at radius 3 is 2.63 bits per heavy atom. The summed E-state index contributed by atoms with van der Waals surface area (Å²) in [5.41, 5.74) is 0.0637. The minimum Gasteiger partial charge on any atom is -0.336 e. The Hall–Kier alpha value is -2.49. The van der Waals surface area contributed by atoms with Gasteiger partial charge in [-0.1, -0.05) is 18.2 Å². The van der Waals surface area contributed by atoms with Crippen LogP contribution in [0.15, 0.2) is 41.8 Å². The molecular weight excluding hydrogens is 366 g/mol. The number of carbonyl (C=O) groups is 1. The Kier molecular flexibility index (Phi) is 6.38. The van der Waals surface area contributed by atoms with Crippen LogP contribution in [-0.4, -0.2) is 60.5 Å². The van der Waals surface area contributed by atoms with Crippen LogP contribution in [-0.2, 0) is 0 Å². The standard InChI is InChI=1S/C18H23N5O3S/c1-21-8-10-22(11-9-21)16(17-7-4-12-27-17)13-19-18(24)20-14-5-2-3-6-15(14)23(25)26/h2-7,12,16H,8-11,13H2,1H3,(H2,19,20,24)/t16-/m1/s1. The van der Waals surface area contributed by atoms with Crippen molar-refractivity contribution in [2.24, 2.45) is 0 Å². The third kappa shape index (κ3) is 5.03. The number of anilines is 1. The van der Waals surface area contributed by atoms with Gasteiger partial charge in [0.05, 0.1) is 11.0 Å². The maximum absolute atomic E-state index is 12.3. The zero-order chi connectivity index (χ0) is 19.2. The van der Waals surface area contributed by atoms with Crippen LogP contribution in [0.25, 0.3) is 0 Å². The number of hydrogen-bond donors (Lipinski definition) is 2. The number of thiophene rings is 1. The van der Waals surface area contributed by atoms with Gasteiger partial charge in [-0.15, -0.1) is 11.3 Å². The number of para-hydroxylation sites is 2. The van der Waals surface area contributed by atoms with E-state index in [0.717, 1.165) is 26.2 Å². The highest BCUT2D eigenvalue weighted by Crippen LogP contribution is 2.26. The van der Waals surface area contributed by atoms with Crippen molar-refractivity contribution in [2.45, 2.75) is 6.04 Å². The van der Waals surface area contributed by atoms with Crippen LogP contribution in [0.5, 0.6) is 0 Å². The van der Waals surface area contributed by atoms with Gasteiger partial charge in [0, 0.05) is 43.7 Å². The Labute approximate surface area is 161 Å². The maximum atomic E-state index is 12.3. The Balaban J connectivity index is 1.63. The lowest BCUT2D eigenvalue weighted by atomic mass is 10.1. The van der Waals surface area contributed by atoms with Crippen LogP contribution >= 0.6 is 11.3 Å². The number of amides is 2. The number of benzene rings is 1. The molecule has 1 aromatic carbocycles. The molecular formula is C18H23N5O3S. The third-order valence-corrected chi connectivity index (χ3v) is 5.63. The van der Waals surface area contributed by atoms with Crippen molar-refractivity contribution in [3.05, 3.63) is 56.8 Å². The van der Waals surface area contributed by atoms with Crippen molar-refractivity contribution < 1.29 is 9.72 Å². The number of nitro benzene ring substituents is 1. The van der Waals surface area contributed by atoms with Gasteiger partial charge in [0.25, 0.3) is 5.69 Å². The second-order valence-electron chi connectivity index (χ2n) is 6.48. The van der Waals surface area contributed by atoms with Crippen molar-refractivity contribution >= 4 is 28.7 Å². The van der Waals surface area contributed by atoms with E-state index >= 15 is 0 Å². The topological polar surface area (TPSA) is 90.8 Å². The number of likely N-dealkylation sites (N-methyl/N-ethyl adjacent to an activating group) is 1. The second kappa shape index (κ2) is 8.94. The van der Waals surface area contributed by atoms with Crippen LogP contribution in [0, 0.1) is 10.1 Å². The summed E-state index contributed by atoms with van der Waals surface area (Å²) in [4.78, 5) is 28.8. The molecule has 0 bridgehead atoms. The van der Waals surface area contributed by atoms with Gasteiger partial charge >= 0.3 is 6.03 Å². The Morgan fingerprint density at radius 1 is 1.22 bits per heavy atom. The lowest BCUT2D eigenvalue weighted by molar-refractivity contribution is -0.383. The van der Waals surface area contributed by atoms with E-state index in [1.807, 2.05) is 11.4 Å². The van der Waals surface area contributed by atoms with E-state index in [4.69, 9.17) is 0 Å². The molecule has 1 aliphatic heterocycles. The molecule has 0 radical (unpaired) electrons. The normalized spacial score (nSPS) is 16.6. The van der Waals surface area contributed by atoms with Gasteiger partial charge in [-0.2, -0.15) is 0 Å². The molecule has 1 atom stereocenters. The van der Waals surface area contributed by atoms with Gasteiger partial charge in [-0.3, -0.25) is 15.0 Å². The van der Waals surface area contributed by atoms with Crippen molar-refractivity contribution in [3.63, 3.8) is 0 Å². The van der Waals surface area contributed by atoms with Crippen LogP contribution in [0.1, 0.15) is 10.9 Å². The number of nitro groups is 1. The molecule has 2 heterocycles. The number of nitrogens with zero attached hydrogens (tertiary/aromatic N) is 3. The van der Waals surface area contributed by atoms with E-state index in [1.54, 1.807) is 23.5 Å². The molecule has 9 heteroatoms. The molecule has 144 valence electrons. The molecule has 27 heavy (non-hydrogen) atoms. The minimum atomic E-state index is -0.506. The van der Waals surface area contributed by atoms with Crippen molar-refractivity contribution in [2.75, 3.05) is 45.1 Å². The molecule has 2 amide bonds. The number of urea groups is 1. The van der Waals surface area contributed by atoms with E-state index in [1.165, 1.54) is 17.0 Å². The first-order valence-corrected chi connectivity index (χ1v) is 9.67. The van der Waals surface area contributed by atoms with Gasteiger partial charge in [0.1, 0.15) is 5.69 Å². The number of nitrogens with one attached hydrogen (secondary N) is 2. The predicted octanol–water partition coefficient (Wildman–Crippen LogP) is 2.77. The lowest BCUT2D eigenvalue weighted by Gasteiger charge is -2.37. The van der Waals surface area contributed by atoms with E-state index in [-0.39, 0.29) is 17.4 Å². The number of piperazine rings is 1. The molecule has 1 aromatic heterocycles. The quantitative estimate of drug-likeness (QED) is 0.586. The highest BCUT2D eigenvalue weighted by Gasteiger charge is 2.25. The summed E-state index contributed by atoms with van der Waals surface area (Å²) in [6, 6.07) is 9.85. The molecule has 2 N–H and O–H groups in total. The molecule has 0 aliphatic carbocycles. The number of rotatable bonds is 6. The van der Waals surface area contributed by atoms with E-state index in [9.17, 15) is 14.9 Å². The zero-order valence-corrected chi connectivity index (χ0v) is 15.9. The minimum absolute atomic E-state index is 0.0928. The van der Waals surface area contributed by atoms with Crippen LogP contribution in [0.2, 0.25) is 0 Å². The highest BCUT2D eigenvalue weighted by molar-refractivity contribution is 7.10. The SMILES string of the molecule is CN1CCN([C@H](CNC(=O)Nc2ccccc2[N+](=O)[O-])c2cccs2)CC1. The van der Waals surface area contributed by atoms with Gasteiger partial charge < -0.3 is 15.5 Å². The summed E-state index contributed by atoms with van der Waals surface area (Å²) in [5.74, 6) is 0. The largest absolute Gasteiger partial charge is 0.336 e. The average Bonchev–Trinajstić information content (AvgIpc) is 3.18. The van der Waals surface area contributed by atoms with E-state index in [2.05, 4.69) is 33.5 Å². The first-order chi connectivity index (χ1) is 13.0. The summed E-state index contributed by atoms with van der Waals surface area (Å²) in [5, 5.41) is 18.6. The number of carbonyl (C=O) groups excluding carboxylic acids is 1. The van der Waals surface area contributed by atoms with Gasteiger partial charge in [0.2, 0.25) is 0 Å². The summed E-state index contributed by atoms with van der Waals surface area (Å²) in [7, 11) is 2.11. The van der Waals surface area contributed by atoms with Gasteiger partial charge in [-0.05, 0) is 24.6 Å². The van der Waals surface area contributed by atoms with Crippen LogP contribution < -0.4 is 10.6 Å². The average molecular weight is 389 g/mol. The summed E-state index contributed by atoms with van der Waals surface area (Å²) in [6.45, 7) is 4.30. The third-order valence-electron chi connectivity index (χ3n) is 4.66. The molecule has 0 spiro atoms. The van der Waals surface area contributed by atoms with Gasteiger partial charge in [-0.25, -0.2) is 4.79 Å². The molecule has 2 aromatic rings. The van der Waals surface area contributed by atoms with Crippen LogP contribution in [0.3, 0.4) is 0 Å². The summed E-state index contributed by atoms with van der Waals surface area (Å²) >= 11 is 1.67.